The van der Waals surface area contributed by atoms with Crippen LogP contribution in [0.15, 0.2) is 28.7 Å². The summed E-state index contributed by atoms with van der Waals surface area (Å²) in [4.78, 5) is 0. The molecule has 0 heterocycles. The van der Waals surface area contributed by atoms with Crippen LogP contribution in [0.5, 0.6) is 0 Å². The van der Waals surface area contributed by atoms with E-state index >= 15 is 0 Å². The van der Waals surface area contributed by atoms with Gasteiger partial charge < -0.3 is 10.1 Å². The van der Waals surface area contributed by atoms with E-state index in [4.69, 9.17) is 4.74 Å². The third-order valence-electron chi connectivity index (χ3n) is 2.85. The lowest BCUT2D eigenvalue weighted by atomic mass is 10.1. The molecule has 0 amide bonds. The molecule has 1 aromatic carbocycles. The molecule has 1 aromatic rings. The van der Waals surface area contributed by atoms with Gasteiger partial charge in [0.05, 0.1) is 12.7 Å². The molecule has 0 saturated heterocycles. The maximum absolute atomic E-state index is 6.04. The molecule has 2 nitrogen and oxygen atoms in total. The first kappa shape index (κ1) is 16.7. The second-order valence-corrected chi connectivity index (χ2v) is 6.90. The van der Waals surface area contributed by atoms with Crippen molar-refractivity contribution in [2.75, 3.05) is 6.54 Å². The molecular formula is C16H26BrNO. The molecule has 0 aliphatic carbocycles. The van der Waals surface area contributed by atoms with Gasteiger partial charge in [-0.15, -0.1) is 0 Å². The third-order valence-corrected chi connectivity index (χ3v) is 3.34. The Morgan fingerprint density at radius 2 is 2.05 bits per heavy atom. The molecule has 0 fully saturated rings. The molecule has 19 heavy (non-hydrogen) atoms. The molecule has 0 aliphatic heterocycles. The smallest absolute Gasteiger partial charge is 0.0721 e. The maximum atomic E-state index is 6.04. The van der Waals surface area contributed by atoms with Crippen molar-refractivity contribution in [2.45, 2.75) is 58.8 Å². The Balaban J connectivity index is 2.45. The Morgan fingerprint density at radius 1 is 1.32 bits per heavy atom. The summed E-state index contributed by atoms with van der Waals surface area (Å²) in [5, 5.41) is 3.52. The standard InChI is InChI=1S/C16H26BrNO/c1-5-7-15(11-18-16(2,3)4)19-12-13-8-6-9-14(17)10-13/h6,8-10,15,18H,5,7,11-12H2,1-4H3. The van der Waals surface area contributed by atoms with Crippen molar-refractivity contribution in [3.8, 4) is 0 Å². The SMILES string of the molecule is CCCC(CNC(C)(C)C)OCc1cccc(Br)c1. The highest BCUT2D eigenvalue weighted by Crippen LogP contribution is 2.14. The Morgan fingerprint density at radius 3 is 2.63 bits per heavy atom. The molecule has 1 unspecified atom stereocenters. The highest BCUT2D eigenvalue weighted by Gasteiger charge is 2.14. The second kappa shape index (κ2) is 8.03. The van der Waals surface area contributed by atoms with Gasteiger partial charge in [0.2, 0.25) is 0 Å². The van der Waals surface area contributed by atoms with E-state index < -0.39 is 0 Å². The van der Waals surface area contributed by atoms with Crippen molar-refractivity contribution in [1.29, 1.82) is 0 Å². The summed E-state index contributed by atoms with van der Waals surface area (Å²) < 4.78 is 7.14. The Bertz CT molecular complexity index is 373. The van der Waals surface area contributed by atoms with Gasteiger partial charge in [-0.1, -0.05) is 41.4 Å². The zero-order chi connectivity index (χ0) is 14.3. The predicted octanol–water partition coefficient (Wildman–Crippen LogP) is 4.52. The van der Waals surface area contributed by atoms with Crippen LogP contribution >= 0.6 is 15.9 Å². The number of rotatable bonds is 7. The van der Waals surface area contributed by atoms with Crippen LogP contribution in [0, 0.1) is 0 Å². The van der Waals surface area contributed by atoms with E-state index in [0.717, 1.165) is 23.9 Å². The molecule has 1 atom stereocenters. The minimum absolute atomic E-state index is 0.144. The first-order valence-corrected chi connectivity index (χ1v) is 7.81. The summed E-state index contributed by atoms with van der Waals surface area (Å²) in [5.41, 5.74) is 1.36. The Kier molecular flexibility index (Phi) is 7.05. The fraction of sp³-hybridized carbons (Fsp3) is 0.625. The van der Waals surface area contributed by atoms with Crippen molar-refractivity contribution >= 4 is 15.9 Å². The number of benzene rings is 1. The summed E-state index contributed by atoms with van der Waals surface area (Å²) in [7, 11) is 0. The van der Waals surface area contributed by atoms with E-state index in [1.165, 1.54) is 5.56 Å². The van der Waals surface area contributed by atoms with E-state index in [1.54, 1.807) is 0 Å². The lowest BCUT2D eigenvalue weighted by Crippen LogP contribution is -2.41. The molecule has 1 rings (SSSR count). The molecule has 0 spiro atoms. The van der Waals surface area contributed by atoms with Gasteiger partial charge in [-0.3, -0.25) is 0 Å². The fourth-order valence-corrected chi connectivity index (χ4v) is 2.27. The summed E-state index contributed by atoms with van der Waals surface area (Å²) >= 11 is 3.49. The topological polar surface area (TPSA) is 21.3 Å². The van der Waals surface area contributed by atoms with E-state index in [9.17, 15) is 0 Å². The maximum Gasteiger partial charge on any atom is 0.0721 e. The van der Waals surface area contributed by atoms with Gasteiger partial charge in [0.15, 0.2) is 0 Å². The second-order valence-electron chi connectivity index (χ2n) is 5.98. The average Bonchev–Trinajstić information content (AvgIpc) is 2.32. The zero-order valence-electron chi connectivity index (χ0n) is 12.5. The van der Waals surface area contributed by atoms with Crippen molar-refractivity contribution < 1.29 is 4.74 Å². The van der Waals surface area contributed by atoms with Crippen LogP contribution < -0.4 is 5.32 Å². The molecule has 0 bridgehead atoms. The van der Waals surface area contributed by atoms with Crippen LogP contribution in [0.1, 0.15) is 46.1 Å². The van der Waals surface area contributed by atoms with E-state index in [-0.39, 0.29) is 11.6 Å². The summed E-state index contributed by atoms with van der Waals surface area (Å²) in [5.74, 6) is 0. The first-order valence-electron chi connectivity index (χ1n) is 7.02. The van der Waals surface area contributed by atoms with Gasteiger partial charge in [0.25, 0.3) is 0 Å². The van der Waals surface area contributed by atoms with E-state index in [2.05, 4.69) is 61.1 Å². The highest BCUT2D eigenvalue weighted by atomic mass is 79.9. The van der Waals surface area contributed by atoms with Crippen LogP contribution in [0.3, 0.4) is 0 Å². The van der Waals surface area contributed by atoms with Gasteiger partial charge in [-0.05, 0) is 44.9 Å². The van der Waals surface area contributed by atoms with E-state index in [1.807, 2.05) is 12.1 Å². The third kappa shape index (κ3) is 7.71. The molecule has 0 saturated carbocycles. The van der Waals surface area contributed by atoms with Crippen molar-refractivity contribution in [2.24, 2.45) is 0 Å². The van der Waals surface area contributed by atoms with Crippen LogP contribution in [-0.2, 0) is 11.3 Å². The first-order chi connectivity index (χ1) is 8.90. The van der Waals surface area contributed by atoms with Crippen molar-refractivity contribution in [1.82, 2.24) is 5.32 Å². The molecule has 0 aromatic heterocycles. The molecule has 108 valence electrons. The largest absolute Gasteiger partial charge is 0.372 e. The molecule has 0 aliphatic rings. The lowest BCUT2D eigenvalue weighted by molar-refractivity contribution is 0.0310. The normalized spacial score (nSPS) is 13.5. The molecule has 1 N–H and O–H groups in total. The zero-order valence-corrected chi connectivity index (χ0v) is 14.1. The highest BCUT2D eigenvalue weighted by molar-refractivity contribution is 9.10. The summed E-state index contributed by atoms with van der Waals surface area (Å²) in [6.07, 6.45) is 2.52. The molecule has 3 heteroatoms. The van der Waals surface area contributed by atoms with Gasteiger partial charge in [-0.25, -0.2) is 0 Å². The van der Waals surface area contributed by atoms with Crippen LogP contribution in [0.2, 0.25) is 0 Å². The number of nitrogens with one attached hydrogen (secondary N) is 1. The summed E-state index contributed by atoms with van der Waals surface area (Å²) in [6, 6.07) is 8.30. The molecule has 0 radical (unpaired) electrons. The number of hydrogen-bond acceptors (Lipinski definition) is 2. The quantitative estimate of drug-likeness (QED) is 0.794. The fourth-order valence-electron chi connectivity index (χ4n) is 1.83. The van der Waals surface area contributed by atoms with Crippen LogP contribution in [0.4, 0.5) is 0 Å². The van der Waals surface area contributed by atoms with Crippen LogP contribution in [0.25, 0.3) is 0 Å². The van der Waals surface area contributed by atoms with Gasteiger partial charge in [0, 0.05) is 16.6 Å². The van der Waals surface area contributed by atoms with Crippen LogP contribution in [-0.4, -0.2) is 18.2 Å². The number of halogens is 1. The number of hydrogen-bond donors (Lipinski definition) is 1. The number of ether oxygens (including phenoxy) is 1. The molecular weight excluding hydrogens is 302 g/mol. The minimum atomic E-state index is 0.144. The van der Waals surface area contributed by atoms with Gasteiger partial charge in [0.1, 0.15) is 0 Å². The minimum Gasteiger partial charge on any atom is -0.372 e. The predicted molar refractivity (Wildman–Crippen MR) is 85.4 cm³/mol. The van der Waals surface area contributed by atoms with E-state index in [0.29, 0.717) is 6.61 Å². The summed E-state index contributed by atoms with van der Waals surface area (Å²) in [6.45, 7) is 10.3. The monoisotopic (exact) mass is 327 g/mol. The Hall–Kier alpha value is -0.380. The van der Waals surface area contributed by atoms with Crippen molar-refractivity contribution in [3.05, 3.63) is 34.3 Å². The van der Waals surface area contributed by atoms with Gasteiger partial charge in [-0.2, -0.15) is 0 Å². The lowest BCUT2D eigenvalue weighted by Gasteiger charge is -2.25. The average molecular weight is 328 g/mol. The van der Waals surface area contributed by atoms with Crippen molar-refractivity contribution in [3.63, 3.8) is 0 Å². The Labute approximate surface area is 126 Å². The van der Waals surface area contributed by atoms with Gasteiger partial charge >= 0.3 is 0 Å².